The van der Waals surface area contributed by atoms with Gasteiger partial charge in [-0.2, -0.15) is 11.8 Å². The van der Waals surface area contributed by atoms with E-state index in [9.17, 15) is 0 Å². The summed E-state index contributed by atoms with van der Waals surface area (Å²) in [5.41, 5.74) is 7.03. The predicted molar refractivity (Wildman–Crippen MR) is 65.3 cm³/mol. The Morgan fingerprint density at radius 2 is 2.33 bits per heavy atom. The first-order chi connectivity index (χ1) is 7.27. The molecule has 1 rings (SSSR count). The minimum atomic E-state index is 0.0395. The van der Waals surface area contributed by atoms with Gasteiger partial charge in [-0.3, -0.25) is 4.98 Å². The summed E-state index contributed by atoms with van der Waals surface area (Å²) < 4.78 is 5.50. The first kappa shape index (κ1) is 12.3. The summed E-state index contributed by atoms with van der Waals surface area (Å²) in [6, 6.07) is 2.02. The van der Waals surface area contributed by atoms with Crippen LogP contribution in [0.1, 0.15) is 24.9 Å². The summed E-state index contributed by atoms with van der Waals surface area (Å²) in [6.45, 7) is 2.81. The lowest BCUT2D eigenvalue weighted by atomic mass is 10.1. The Kier molecular flexibility index (Phi) is 5.50. The topological polar surface area (TPSA) is 48.1 Å². The highest BCUT2D eigenvalue weighted by molar-refractivity contribution is 7.98. The molecule has 0 radical (unpaired) electrons. The van der Waals surface area contributed by atoms with Gasteiger partial charge in [-0.1, -0.05) is 6.92 Å². The van der Waals surface area contributed by atoms with Crippen LogP contribution in [0.15, 0.2) is 18.5 Å². The van der Waals surface area contributed by atoms with E-state index < -0.39 is 0 Å². The molecule has 1 atom stereocenters. The van der Waals surface area contributed by atoms with Crippen molar-refractivity contribution in [1.82, 2.24) is 4.98 Å². The SMILES string of the molecule is CCCOc1cncc(C(N)CSC)c1. The van der Waals surface area contributed by atoms with Crippen molar-refractivity contribution in [3.05, 3.63) is 24.0 Å². The molecule has 0 aromatic carbocycles. The van der Waals surface area contributed by atoms with Crippen molar-refractivity contribution in [3.8, 4) is 5.75 Å². The van der Waals surface area contributed by atoms with Crippen molar-refractivity contribution in [3.63, 3.8) is 0 Å². The smallest absolute Gasteiger partial charge is 0.137 e. The first-order valence-corrected chi connectivity index (χ1v) is 6.49. The van der Waals surface area contributed by atoms with Gasteiger partial charge in [0.1, 0.15) is 5.75 Å². The molecule has 0 bridgehead atoms. The fourth-order valence-corrected chi connectivity index (χ4v) is 1.76. The molecule has 0 amide bonds. The van der Waals surface area contributed by atoms with Crippen LogP contribution in [0.5, 0.6) is 5.75 Å². The summed E-state index contributed by atoms with van der Waals surface area (Å²) in [5.74, 6) is 1.71. The van der Waals surface area contributed by atoms with Crippen LogP contribution in [-0.2, 0) is 0 Å². The van der Waals surface area contributed by atoms with Crippen LogP contribution < -0.4 is 10.5 Å². The van der Waals surface area contributed by atoms with Gasteiger partial charge >= 0.3 is 0 Å². The Hall–Kier alpha value is -0.740. The Morgan fingerprint density at radius 3 is 3.00 bits per heavy atom. The number of ether oxygens (including phenoxy) is 1. The first-order valence-electron chi connectivity index (χ1n) is 5.10. The maximum absolute atomic E-state index is 5.99. The standard InChI is InChI=1S/C11H18N2OS/c1-3-4-14-10-5-9(6-13-7-10)11(12)8-15-2/h5-7,11H,3-4,8,12H2,1-2H3. The molecule has 1 heterocycles. The molecule has 3 nitrogen and oxygen atoms in total. The number of nitrogens with zero attached hydrogens (tertiary/aromatic N) is 1. The molecule has 84 valence electrons. The Balaban J connectivity index is 2.64. The third kappa shape index (κ3) is 4.10. The van der Waals surface area contributed by atoms with E-state index in [1.54, 1.807) is 24.2 Å². The number of nitrogens with two attached hydrogens (primary N) is 1. The van der Waals surface area contributed by atoms with Crippen molar-refractivity contribution >= 4 is 11.8 Å². The van der Waals surface area contributed by atoms with Crippen molar-refractivity contribution in [2.75, 3.05) is 18.6 Å². The lowest BCUT2D eigenvalue weighted by Crippen LogP contribution is -2.13. The molecule has 2 N–H and O–H groups in total. The number of hydrogen-bond donors (Lipinski definition) is 1. The summed E-state index contributed by atoms with van der Waals surface area (Å²) in [6.07, 6.45) is 6.58. The van der Waals surface area contributed by atoms with Gasteiger partial charge in [-0.15, -0.1) is 0 Å². The molecule has 0 aliphatic rings. The van der Waals surface area contributed by atoms with Gasteiger partial charge in [0.15, 0.2) is 0 Å². The molecule has 15 heavy (non-hydrogen) atoms. The van der Waals surface area contributed by atoms with Gasteiger partial charge in [0.25, 0.3) is 0 Å². The Bertz CT molecular complexity index is 294. The van der Waals surface area contributed by atoms with Gasteiger partial charge in [-0.25, -0.2) is 0 Å². The van der Waals surface area contributed by atoms with Crippen LogP contribution in [-0.4, -0.2) is 23.6 Å². The highest BCUT2D eigenvalue weighted by Crippen LogP contribution is 2.18. The summed E-state index contributed by atoms with van der Waals surface area (Å²) in [7, 11) is 0. The van der Waals surface area contributed by atoms with Crippen LogP contribution in [0.3, 0.4) is 0 Å². The van der Waals surface area contributed by atoms with Crippen LogP contribution >= 0.6 is 11.8 Å². The molecule has 0 spiro atoms. The average molecular weight is 226 g/mol. The summed E-state index contributed by atoms with van der Waals surface area (Å²) in [4.78, 5) is 4.13. The molecule has 4 heteroatoms. The molecule has 1 aromatic rings. The molecule has 0 fully saturated rings. The zero-order valence-electron chi connectivity index (χ0n) is 9.27. The van der Waals surface area contributed by atoms with Crippen LogP contribution in [0, 0.1) is 0 Å². The van der Waals surface area contributed by atoms with Crippen molar-refractivity contribution in [2.45, 2.75) is 19.4 Å². The average Bonchev–Trinajstić information content (AvgIpc) is 2.27. The molecule has 0 aliphatic carbocycles. The maximum atomic E-state index is 5.99. The van der Waals surface area contributed by atoms with Crippen molar-refractivity contribution < 1.29 is 4.74 Å². The van der Waals surface area contributed by atoms with E-state index in [0.29, 0.717) is 0 Å². The van der Waals surface area contributed by atoms with E-state index in [2.05, 4.69) is 11.9 Å². The van der Waals surface area contributed by atoms with E-state index in [1.165, 1.54) is 0 Å². The summed E-state index contributed by atoms with van der Waals surface area (Å²) in [5, 5.41) is 0. The molecule has 1 aromatic heterocycles. The van der Waals surface area contributed by atoms with E-state index in [-0.39, 0.29) is 6.04 Å². The monoisotopic (exact) mass is 226 g/mol. The second-order valence-corrected chi connectivity index (χ2v) is 4.27. The van der Waals surface area contributed by atoms with Crippen LogP contribution in [0.4, 0.5) is 0 Å². The van der Waals surface area contributed by atoms with Gasteiger partial charge in [0, 0.05) is 18.0 Å². The van der Waals surface area contributed by atoms with E-state index in [0.717, 1.165) is 30.1 Å². The Morgan fingerprint density at radius 1 is 1.53 bits per heavy atom. The fourth-order valence-electron chi connectivity index (χ4n) is 1.21. The second kappa shape index (κ2) is 6.69. The van der Waals surface area contributed by atoms with Crippen LogP contribution in [0.2, 0.25) is 0 Å². The number of hydrogen-bond acceptors (Lipinski definition) is 4. The fraction of sp³-hybridized carbons (Fsp3) is 0.545. The largest absolute Gasteiger partial charge is 0.492 e. The Labute approximate surface area is 95.4 Å². The van der Waals surface area contributed by atoms with Gasteiger partial charge < -0.3 is 10.5 Å². The normalized spacial score (nSPS) is 12.5. The second-order valence-electron chi connectivity index (χ2n) is 3.36. The quantitative estimate of drug-likeness (QED) is 0.808. The third-order valence-corrected chi connectivity index (χ3v) is 2.67. The van der Waals surface area contributed by atoms with E-state index in [4.69, 9.17) is 10.5 Å². The lowest BCUT2D eigenvalue weighted by molar-refractivity contribution is 0.315. The predicted octanol–water partition coefficient (Wildman–Crippen LogP) is 2.23. The molecule has 0 saturated heterocycles. The minimum Gasteiger partial charge on any atom is -0.492 e. The zero-order chi connectivity index (χ0) is 11.1. The van der Waals surface area contributed by atoms with E-state index >= 15 is 0 Å². The van der Waals surface area contributed by atoms with Crippen LogP contribution in [0.25, 0.3) is 0 Å². The molecular formula is C11H18N2OS. The number of pyridine rings is 1. The van der Waals surface area contributed by atoms with E-state index in [1.807, 2.05) is 12.3 Å². The summed E-state index contributed by atoms with van der Waals surface area (Å²) >= 11 is 1.73. The number of rotatable bonds is 6. The van der Waals surface area contributed by atoms with Gasteiger partial charge in [0.2, 0.25) is 0 Å². The minimum absolute atomic E-state index is 0.0395. The van der Waals surface area contributed by atoms with Gasteiger partial charge in [0.05, 0.1) is 12.8 Å². The zero-order valence-corrected chi connectivity index (χ0v) is 10.1. The maximum Gasteiger partial charge on any atom is 0.137 e. The molecular weight excluding hydrogens is 208 g/mol. The molecule has 0 aliphatic heterocycles. The highest BCUT2D eigenvalue weighted by atomic mass is 32.2. The highest BCUT2D eigenvalue weighted by Gasteiger charge is 2.06. The number of thioether (sulfide) groups is 1. The third-order valence-electron chi connectivity index (χ3n) is 1.98. The molecule has 1 unspecified atom stereocenters. The molecule has 0 saturated carbocycles. The van der Waals surface area contributed by atoms with Crippen molar-refractivity contribution in [2.24, 2.45) is 5.73 Å². The number of aromatic nitrogens is 1. The van der Waals surface area contributed by atoms with Crippen molar-refractivity contribution in [1.29, 1.82) is 0 Å². The van der Waals surface area contributed by atoms with Gasteiger partial charge in [-0.05, 0) is 24.3 Å². The lowest BCUT2D eigenvalue weighted by Gasteiger charge is -2.11.